The summed E-state index contributed by atoms with van der Waals surface area (Å²) in [7, 11) is 0. The standard InChI is InChI=1S/C10H17N3O/c1-10(2)4-3-5-13(10)9-12-8(6-11)7-14-9/h7H,3-6,11H2,1-2H3. The van der Waals surface area contributed by atoms with Crippen molar-refractivity contribution in [3.63, 3.8) is 0 Å². The summed E-state index contributed by atoms with van der Waals surface area (Å²) in [6.07, 6.45) is 4.03. The van der Waals surface area contributed by atoms with Crippen LogP contribution in [-0.4, -0.2) is 17.1 Å². The second kappa shape index (κ2) is 3.28. The Hall–Kier alpha value is -1.03. The van der Waals surface area contributed by atoms with Crippen LogP contribution in [0, 0.1) is 0 Å². The summed E-state index contributed by atoms with van der Waals surface area (Å²) >= 11 is 0. The quantitative estimate of drug-likeness (QED) is 0.777. The van der Waals surface area contributed by atoms with Crippen molar-refractivity contribution in [3.05, 3.63) is 12.0 Å². The van der Waals surface area contributed by atoms with Gasteiger partial charge in [-0.1, -0.05) is 0 Å². The van der Waals surface area contributed by atoms with E-state index < -0.39 is 0 Å². The molecule has 0 saturated carbocycles. The van der Waals surface area contributed by atoms with E-state index >= 15 is 0 Å². The zero-order valence-corrected chi connectivity index (χ0v) is 8.79. The molecule has 2 N–H and O–H groups in total. The second-order valence-electron chi connectivity index (χ2n) is 4.39. The highest BCUT2D eigenvalue weighted by atomic mass is 16.4. The molecule has 1 fully saturated rings. The Bertz CT molecular complexity index is 319. The van der Waals surface area contributed by atoms with Crippen molar-refractivity contribution in [1.82, 2.24) is 4.98 Å². The number of nitrogens with zero attached hydrogens (tertiary/aromatic N) is 2. The van der Waals surface area contributed by atoms with Gasteiger partial charge in [0.05, 0.1) is 5.69 Å². The first-order valence-corrected chi connectivity index (χ1v) is 5.05. The molecule has 2 heterocycles. The predicted octanol–water partition coefficient (Wildman–Crippen LogP) is 1.51. The summed E-state index contributed by atoms with van der Waals surface area (Å²) in [4.78, 5) is 6.56. The van der Waals surface area contributed by atoms with Crippen LogP contribution < -0.4 is 10.6 Å². The largest absolute Gasteiger partial charge is 0.432 e. The molecule has 0 bridgehead atoms. The lowest BCUT2D eigenvalue weighted by Gasteiger charge is -2.29. The van der Waals surface area contributed by atoms with Gasteiger partial charge < -0.3 is 15.1 Å². The average Bonchev–Trinajstić information content (AvgIpc) is 2.70. The zero-order chi connectivity index (χ0) is 10.2. The average molecular weight is 195 g/mol. The molecule has 1 saturated heterocycles. The summed E-state index contributed by atoms with van der Waals surface area (Å²) in [5, 5.41) is 0. The Balaban J connectivity index is 2.22. The van der Waals surface area contributed by atoms with Crippen LogP contribution in [0.1, 0.15) is 32.4 Å². The Kier molecular flexibility index (Phi) is 2.23. The van der Waals surface area contributed by atoms with E-state index in [0.717, 1.165) is 12.2 Å². The van der Waals surface area contributed by atoms with E-state index in [2.05, 4.69) is 23.7 Å². The molecule has 1 aliphatic rings. The van der Waals surface area contributed by atoms with Crippen LogP contribution in [0.3, 0.4) is 0 Å². The van der Waals surface area contributed by atoms with Gasteiger partial charge in [-0.3, -0.25) is 0 Å². The topological polar surface area (TPSA) is 55.3 Å². The van der Waals surface area contributed by atoms with Gasteiger partial charge in [-0.15, -0.1) is 0 Å². The molecule has 1 aliphatic heterocycles. The summed E-state index contributed by atoms with van der Waals surface area (Å²) < 4.78 is 5.41. The number of aromatic nitrogens is 1. The zero-order valence-electron chi connectivity index (χ0n) is 8.79. The van der Waals surface area contributed by atoms with Crippen molar-refractivity contribution >= 4 is 6.01 Å². The first-order chi connectivity index (χ1) is 6.63. The molecule has 0 atom stereocenters. The molecule has 14 heavy (non-hydrogen) atoms. The number of oxazole rings is 1. The van der Waals surface area contributed by atoms with Crippen LogP contribution >= 0.6 is 0 Å². The van der Waals surface area contributed by atoms with Gasteiger partial charge in [0.1, 0.15) is 6.26 Å². The summed E-state index contributed by atoms with van der Waals surface area (Å²) in [5.41, 5.74) is 6.47. The van der Waals surface area contributed by atoms with E-state index in [1.165, 1.54) is 12.8 Å². The van der Waals surface area contributed by atoms with Crippen LogP contribution in [0.2, 0.25) is 0 Å². The van der Waals surface area contributed by atoms with Gasteiger partial charge in [0, 0.05) is 18.6 Å². The van der Waals surface area contributed by atoms with E-state index in [4.69, 9.17) is 10.2 Å². The molecule has 0 radical (unpaired) electrons. The van der Waals surface area contributed by atoms with Gasteiger partial charge in [-0.2, -0.15) is 4.98 Å². The first kappa shape index (κ1) is 9.52. The Morgan fingerprint density at radius 2 is 2.43 bits per heavy atom. The highest BCUT2D eigenvalue weighted by Crippen LogP contribution is 2.32. The van der Waals surface area contributed by atoms with Crippen molar-refractivity contribution in [2.24, 2.45) is 5.73 Å². The fraction of sp³-hybridized carbons (Fsp3) is 0.700. The number of hydrogen-bond acceptors (Lipinski definition) is 4. The summed E-state index contributed by atoms with van der Waals surface area (Å²) in [6, 6.07) is 0.716. The molecule has 2 rings (SSSR count). The number of hydrogen-bond donors (Lipinski definition) is 1. The lowest BCUT2D eigenvalue weighted by Crippen LogP contribution is -2.38. The highest BCUT2D eigenvalue weighted by Gasteiger charge is 2.34. The number of rotatable bonds is 2. The molecule has 0 amide bonds. The van der Waals surface area contributed by atoms with Crippen LogP contribution in [0.5, 0.6) is 0 Å². The van der Waals surface area contributed by atoms with Crippen molar-refractivity contribution < 1.29 is 4.42 Å². The molecule has 0 spiro atoms. The van der Waals surface area contributed by atoms with Crippen molar-refractivity contribution in [2.45, 2.75) is 38.8 Å². The maximum atomic E-state index is 5.49. The second-order valence-corrected chi connectivity index (χ2v) is 4.39. The van der Waals surface area contributed by atoms with Gasteiger partial charge in [0.25, 0.3) is 6.01 Å². The Morgan fingerprint density at radius 3 is 2.93 bits per heavy atom. The molecule has 4 nitrogen and oxygen atoms in total. The minimum Gasteiger partial charge on any atom is -0.432 e. The molecular weight excluding hydrogens is 178 g/mol. The lowest BCUT2D eigenvalue weighted by atomic mass is 10.0. The maximum Gasteiger partial charge on any atom is 0.297 e. The third kappa shape index (κ3) is 1.50. The maximum absolute atomic E-state index is 5.49. The normalized spacial score (nSPS) is 20.4. The van der Waals surface area contributed by atoms with Gasteiger partial charge >= 0.3 is 0 Å². The molecule has 4 heteroatoms. The summed E-state index contributed by atoms with van der Waals surface area (Å²) in [5.74, 6) is 0. The number of nitrogens with two attached hydrogens (primary N) is 1. The van der Waals surface area contributed by atoms with E-state index in [-0.39, 0.29) is 5.54 Å². The third-order valence-corrected chi connectivity index (χ3v) is 2.88. The fourth-order valence-electron chi connectivity index (χ4n) is 1.98. The smallest absolute Gasteiger partial charge is 0.297 e. The molecule has 1 aromatic heterocycles. The molecule has 1 aromatic rings. The Labute approximate surface area is 84.1 Å². The highest BCUT2D eigenvalue weighted by molar-refractivity contribution is 5.33. The van der Waals surface area contributed by atoms with Gasteiger partial charge in [0.15, 0.2) is 0 Å². The minimum absolute atomic E-state index is 0.163. The monoisotopic (exact) mass is 195 g/mol. The van der Waals surface area contributed by atoms with Crippen molar-refractivity contribution in [2.75, 3.05) is 11.4 Å². The van der Waals surface area contributed by atoms with Gasteiger partial charge in [-0.25, -0.2) is 0 Å². The third-order valence-electron chi connectivity index (χ3n) is 2.88. The van der Waals surface area contributed by atoms with E-state index in [9.17, 15) is 0 Å². The molecular formula is C10H17N3O. The fourth-order valence-corrected chi connectivity index (χ4v) is 1.98. The minimum atomic E-state index is 0.163. The lowest BCUT2D eigenvalue weighted by molar-refractivity contribution is 0.458. The van der Waals surface area contributed by atoms with Gasteiger partial charge in [0.2, 0.25) is 0 Å². The van der Waals surface area contributed by atoms with Crippen LogP contribution in [0.25, 0.3) is 0 Å². The molecule has 0 aromatic carbocycles. The summed E-state index contributed by atoms with van der Waals surface area (Å²) in [6.45, 7) is 5.90. The van der Waals surface area contributed by atoms with E-state index in [1.54, 1.807) is 6.26 Å². The predicted molar refractivity (Wildman–Crippen MR) is 55.1 cm³/mol. The van der Waals surface area contributed by atoms with Crippen LogP contribution in [0.4, 0.5) is 6.01 Å². The molecule has 0 unspecified atom stereocenters. The number of anilines is 1. The van der Waals surface area contributed by atoms with Crippen LogP contribution in [-0.2, 0) is 6.54 Å². The van der Waals surface area contributed by atoms with Crippen molar-refractivity contribution in [3.8, 4) is 0 Å². The van der Waals surface area contributed by atoms with Crippen LogP contribution in [0.15, 0.2) is 10.7 Å². The molecule has 0 aliphatic carbocycles. The van der Waals surface area contributed by atoms with Gasteiger partial charge in [-0.05, 0) is 26.7 Å². The molecule has 78 valence electrons. The first-order valence-electron chi connectivity index (χ1n) is 5.05. The van der Waals surface area contributed by atoms with E-state index in [0.29, 0.717) is 12.6 Å². The van der Waals surface area contributed by atoms with Crippen molar-refractivity contribution in [1.29, 1.82) is 0 Å². The van der Waals surface area contributed by atoms with E-state index in [1.807, 2.05) is 0 Å². The Morgan fingerprint density at radius 1 is 1.64 bits per heavy atom. The SMILES string of the molecule is CC1(C)CCCN1c1nc(CN)co1.